The van der Waals surface area contributed by atoms with Crippen LogP contribution in [0.2, 0.25) is 5.02 Å². The van der Waals surface area contributed by atoms with Gasteiger partial charge in [-0.3, -0.25) is 14.4 Å². The van der Waals surface area contributed by atoms with Gasteiger partial charge >= 0.3 is 0 Å². The van der Waals surface area contributed by atoms with Crippen molar-refractivity contribution in [1.29, 1.82) is 0 Å². The number of amides is 3. The van der Waals surface area contributed by atoms with Gasteiger partial charge in [-0.2, -0.15) is 0 Å². The highest BCUT2D eigenvalue weighted by Crippen LogP contribution is 2.60. The van der Waals surface area contributed by atoms with Gasteiger partial charge in [-0.1, -0.05) is 61.0 Å². The fourth-order valence-corrected chi connectivity index (χ4v) is 7.29. The minimum absolute atomic E-state index is 0.157. The number of hydrogen-bond acceptors (Lipinski definition) is 5. The molecule has 5 rings (SSSR count). The average molecular weight is 592 g/mol. The van der Waals surface area contributed by atoms with Crippen LogP contribution in [0.3, 0.4) is 0 Å². The van der Waals surface area contributed by atoms with E-state index in [1.165, 1.54) is 4.90 Å². The van der Waals surface area contributed by atoms with E-state index in [0.717, 1.165) is 6.42 Å². The number of ether oxygens (including phenoxy) is 1. The summed E-state index contributed by atoms with van der Waals surface area (Å²) in [4.78, 5) is 48.2. The molecule has 1 spiro atoms. The minimum Gasteiger partial charge on any atom is -0.394 e. The van der Waals surface area contributed by atoms with E-state index in [1.807, 2.05) is 37.3 Å². The number of benzene rings is 2. The van der Waals surface area contributed by atoms with Gasteiger partial charge in [0.2, 0.25) is 11.8 Å². The van der Waals surface area contributed by atoms with E-state index in [0.29, 0.717) is 42.2 Å². The zero-order valence-corrected chi connectivity index (χ0v) is 24.7. The lowest BCUT2D eigenvalue weighted by atomic mass is 9.70. The summed E-state index contributed by atoms with van der Waals surface area (Å²) >= 11 is 6.14. The molecule has 2 aromatic rings. The van der Waals surface area contributed by atoms with E-state index in [1.54, 1.807) is 46.2 Å². The van der Waals surface area contributed by atoms with Gasteiger partial charge in [0, 0.05) is 30.3 Å². The van der Waals surface area contributed by atoms with Crippen LogP contribution in [0.4, 0.5) is 5.69 Å². The van der Waals surface area contributed by atoms with E-state index in [4.69, 9.17) is 16.3 Å². The zero-order chi connectivity index (χ0) is 30.0. The Labute approximate surface area is 252 Å². The Bertz CT molecular complexity index is 1330. The van der Waals surface area contributed by atoms with E-state index >= 15 is 0 Å². The van der Waals surface area contributed by atoms with Crippen LogP contribution in [0.5, 0.6) is 0 Å². The number of carbonyl (C=O) groups is 3. The van der Waals surface area contributed by atoms with Crippen molar-refractivity contribution in [3.8, 4) is 0 Å². The molecule has 9 heteroatoms. The zero-order valence-electron chi connectivity index (χ0n) is 23.9. The second-order valence-electron chi connectivity index (χ2n) is 11.2. The highest BCUT2D eigenvalue weighted by molar-refractivity contribution is 6.30. The number of carbonyl (C=O) groups excluding carboxylic acids is 3. The van der Waals surface area contributed by atoms with Gasteiger partial charge < -0.3 is 24.5 Å². The number of likely N-dealkylation sites (tertiary alicyclic amines) is 1. The Morgan fingerprint density at radius 3 is 2.43 bits per heavy atom. The van der Waals surface area contributed by atoms with E-state index in [-0.39, 0.29) is 24.3 Å². The van der Waals surface area contributed by atoms with Crippen molar-refractivity contribution in [2.24, 2.45) is 11.8 Å². The van der Waals surface area contributed by atoms with Gasteiger partial charge in [0.25, 0.3) is 5.91 Å². The highest BCUT2D eigenvalue weighted by atomic mass is 35.5. The number of hydrogen-bond donors (Lipinski definition) is 1. The monoisotopic (exact) mass is 591 g/mol. The molecule has 6 atom stereocenters. The number of rotatable bonds is 12. The molecule has 0 saturated carbocycles. The lowest BCUT2D eigenvalue weighted by Gasteiger charge is -2.39. The molecule has 2 aromatic carbocycles. The first-order valence-corrected chi connectivity index (χ1v) is 14.9. The highest BCUT2D eigenvalue weighted by Gasteiger charge is 2.75. The number of anilines is 1. The Hall–Kier alpha value is -3.46. The van der Waals surface area contributed by atoms with Crippen LogP contribution < -0.4 is 4.90 Å². The van der Waals surface area contributed by atoms with Crippen molar-refractivity contribution in [3.63, 3.8) is 0 Å². The lowest BCUT2D eigenvalue weighted by molar-refractivity contribution is -0.147. The summed E-state index contributed by atoms with van der Waals surface area (Å²) in [6.07, 6.45) is 4.61. The Kier molecular flexibility index (Phi) is 8.87. The maximum Gasteiger partial charge on any atom is 0.253 e. The van der Waals surface area contributed by atoms with Crippen molar-refractivity contribution in [2.75, 3.05) is 31.1 Å². The molecule has 8 nitrogen and oxygen atoms in total. The van der Waals surface area contributed by atoms with E-state index < -0.39 is 42.2 Å². The summed E-state index contributed by atoms with van der Waals surface area (Å²) in [6, 6.07) is 14.2. The average Bonchev–Trinajstić information content (AvgIpc) is 3.64. The molecule has 3 aliphatic heterocycles. The molecular formula is C33H38ClN3O5. The molecule has 3 aliphatic rings. The maximum atomic E-state index is 14.8. The molecule has 222 valence electrons. The largest absolute Gasteiger partial charge is 0.394 e. The first-order valence-electron chi connectivity index (χ1n) is 14.6. The van der Waals surface area contributed by atoms with Crippen molar-refractivity contribution >= 4 is 35.0 Å². The summed E-state index contributed by atoms with van der Waals surface area (Å²) in [5.74, 6) is -2.43. The standard InChI is InChI=1S/C33H38ClN3O5/c1-4-18-35(19-5-2)30(39)27-26-16-17-33(42-26)28(27)31(40)37(25(21-38)22-10-8-7-9-11-22)29(33)32(41)36(20-6-3)24-14-12-23(34)13-15-24/h4,6-15,25-29,38H,1,3,5,16-21H2,2H3/t25-,26-,27+,28+,29?,33?/m1/s1. The van der Waals surface area contributed by atoms with Gasteiger partial charge in [0.1, 0.15) is 11.6 Å². The number of fused-ring (bicyclic) bond motifs is 1. The summed E-state index contributed by atoms with van der Waals surface area (Å²) < 4.78 is 6.66. The Balaban J connectivity index is 1.63. The minimum atomic E-state index is -1.21. The van der Waals surface area contributed by atoms with Crippen molar-refractivity contribution < 1.29 is 24.2 Å². The molecular weight excluding hydrogens is 554 g/mol. The quantitative estimate of drug-likeness (QED) is 0.370. The molecule has 0 aromatic heterocycles. The second kappa shape index (κ2) is 12.4. The Morgan fingerprint density at radius 1 is 1.12 bits per heavy atom. The molecule has 3 saturated heterocycles. The summed E-state index contributed by atoms with van der Waals surface area (Å²) in [6.45, 7) is 10.3. The van der Waals surface area contributed by atoms with Crippen LogP contribution in [0.25, 0.3) is 0 Å². The van der Waals surface area contributed by atoms with Crippen molar-refractivity contribution in [3.05, 3.63) is 90.5 Å². The van der Waals surface area contributed by atoms with Crippen LogP contribution in [-0.2, 0) is 19.1 Å². The summed E-state index contributed by atoms with van der Waals surface area (Å²) in [5, 5.41) is 11.2. The fourth-order valence-electron chi connectivity index (χ4n) is 7.17. The third-order valence-corrected chi connectivity index (χ3v) is 9.07. The lowest BCUT2D eigenvalue weighted by Crippen LogP contribution is -2.57. The third-order valence-electron chi connectivity index (χ3n) is 8.82. The van der Waals surface area contributed by atoms with Crippen LogP contribution in [0.15, 0.2) is 79.9 Å². The van der Waals surface area contributed by atoms with Crippen molar-refractivity contribution in [1.82, 2.24) is 9.80 Å². The van der Waals surface area contributed by atoms with Crippen molar-refractivity contribution in [2.45, 2.75) is 50.0 Å². The van der Waals surface area contributed by atoms with Gasteiger partial charge in [-0.05, 0) is 49.1 Å². The molecule has 42 heavy (non-hydrogen) atoms. The number of halogens is 1. The molecule has 3 amide bonds. The topological polar surface area (TPSA) is 90.4 Å². The summed E-state index contributed by atoms with van der Waals surface area (Å²) in [7, 11) is 0. The SMILES string of the molecule is C=CCN(CCC)C(=O)[C@@H]1[C@H]2C(=O)N([C@H](CO)c3ccccc3)C(C(=O)N(CC=C)c3ccc(Cl)cc3)C23CC[C@H]1O3. The van der Waals surface area contributed by atoms with Crippen LogP contribution in [0.1, 0.15) is 37.8 Å². The molecule has 3 fully saturated rings. The third kappa shape index (κ3) is 4.95. The second-order valence-corrected chi connectivity index (χ2v) is 11.6. The van der Waals surface area contributed by atoms with Crippen LogP contribution in [0, 0.1) is 11.8 Å². The van der Waals surface area contributed by atoms with Crippen LogP contribution in [-0.4, -0.2) is 76.6 Å². The first-order chi connectivity index (χ1) is 20.3. The normalized spacial score (nSPS) is 26.5. The predicted octanol–water partition coefficient (Wildman–Crippen LogP) is 4.39. The molecule has 2 bridgehead atoms. The molecule has 0 aliphatic carbocycles. The molecule has 1 N–H and O–H groups in total. The van der Waals surface area contributed by atoms with E-state index in [2.05, 4.69) is 13.2 Å². The number of nitrogens with zero attached hydrogens (tertiary/aromatic N) is 3. The fraction of sp³-hybridized carbons (Fsp3) is 0.424. The van der Waals surface area contributed by atoms with Gasteiger partial charge in [-0.25, -0.2) is 0 Å². The van der Waals surface area contributed by atoms with E-state index in [9.17, 15) is 19.5 Å². The van der Waals surface area contributed by atoms with Crippen LogP contribution >= 0.6 is 11.6 Å². The maximum absolute atomic E-state index is 14.8. The first kappa shape index (κ1) is 30.0. The van der Waals surface area contributed by atoms with Gasteiger partial charge in [-0.15, -0.1) is 13.2 Å². The smallest absolute Gasteiger partial charge is 0.253 e. The summed E-state index contributed by atoms with van der Waals surface area (Å²) in [5.41, 5.74) is 0.0808. The van der Waals surface area contributed by atoms with Gasteiger partial charge in [0.05, 0.1) is 30.6 Å². The molecule has 3 heterocycles. The number of aliphatic hydroxyl groups is 1. The predicted molar refractivity (Wildman–Crippen MR) is 162 cm³/mol. The Morgan fingerprint density at radius 2 is 1.81 bits per heavy atom. The molecule has 0 radical (unpaired) electrons. The number of aliphatic hydroxyl groups excluding tert-OH is 1. The van der Waals surface area contributed by atoms with Gasteiger partial charge in [0.15, 0.2) is 0 Å². The molecule has 2 unspecified atom stereocenters.